The van der Waals surface area contributed by atoms with E-state index in [-0.39, 0.29) is 0 Å². The second-order valence-corrected chi connectivity index (χ2v) is 14.9. The van der Waals surface area contributed by atoms with Crippen molar-refractivity contribution in [2.45, 2.75) is 12.8 Å². The Balaban J connectivity index is 1.27. The molecule has 0 radical (unpaired) electrons. The van der Waals surface area contributed by atoms with Crippen LogP contribution in [0, 0.1) is 0 Å². The summed E-state index contributed by atoms with van der Waals surface area (Å²) in [5.74, 6) is 0.835. The van der Waals surface area contributed by atoms with Crippen LogP contribution >= 0.6 is 0 Å². The van der Waals surface area contributed by atoms with E-state index in [4.69, 9.17) is 9.97 Å². The van der Waals surface area contributed by atoms with Gasteiger partial charge in [-0.3, -0.25) is 4.57 Å². The zero-order valence-electron chi connectivity index (χ0n) is 30.5. The standard InChI is InChI=1S/C52H34N4/c1-3-14-33(15-4-1)36-17-13-18-37(30-36)51-52(54-44-24-11-10-23-43(44)53-51)56-46-29-28-35-27-26-34-16-7-8-21-39(34)49(35)50(46)42-31-41-40-22-9-12-25-45(40)55(47(41)32-48(42)56)38-19-5-2-6-20-38/h1-12,14-16,18-32H,13,17H2. The number of nitrogens with zero attached hydrogens (tertiary/aromatic N) is 4. The molecule has 262 valence electrons. The fourth-order valence-electron chi connectivity index (χ4n) is 9.24. The molecule has 0 aliphatic heterocycles. The summed E-state index contributed by atoms with van der Waals surface area (Å²) < 4.78 is 4.81. The van der Waals surface area contributed by atoms with Gasteiger partial charge in [0.25, 0.3) is 0 Å². The monoisotopic (exact) mass is 714 g/mol. The lowest BCUT2D eigenvalue weighted by atomic mass is 9.92. The Labute approximate surface area is 322 Å². The first-order valence-corrected chi connectivity index (χ1v) is 19.4. The van der Waals surface area contributed by atoms with E-state index in [1.54, 1.807) is 0 Å². The first-order valence-electron chi connectivity index (χ1n) is 19.4. The number of hydrogen-bond acceptors (Lipinski definition) is 2. The van der Waals surface area contributed by atoms with Crippen LogP contribution in [0.25, 0.3) is 98.8 Å². The average molecular weight is 715 g/mol. The highest BCUT2D eigenvalue weighted by atomic mass is 15.1. The molecule has 0 fully saturated rings. The maximum atomic E-state index is 5.56. The van der Waals surface area contributed by atoms with Crippen LogP contribution in [0.15, 0.2) is 182 Å². The van der Waals surface area contributed by atoms with Crippen LogP contribution in [0.5, 0.6) is 0 Å². The Bertz CT molecular complexity index is 3460. The molecule has 11 aromatic rings. The summed E-state index contributed by atoms with van der Waals surface area (Å²) in [6, 6.07) is 61.2. The van der Waals surface area contributed by atoms with Gasteiger partial charge in [0.1, 0.15) is 5.69 Å². The van der Waals surface area contributed by atoms with E-state index in [2.05, 4.69) is 191 Å². The molecule has 56 heavy (non-hydrogen) atoms. The number of fused-ring (bicyclic) bond motifs is 11. The third kappa shape index (κ3) is 4.59. The molecule has 0 amide bonds. The Morgan fingerprint density at radius 3 is 1.98 bits per heavy atom. The van der Waals surface area contributed by atoms with Gasteiger partial charge in [0, 0.05) is 32.8 Å². The van der Waals surface area contributed by atoms with Crippen LogP contribution in [0.3, 0.4) is 0 Å². The van der Waals surface area contributed by atoms with Gasteiger partial charge < -0.3 is 4.57 Å². The van der Waals surface area contributed by atoms with Crippen molar-refractivity contribution in [3.63, 3.8) is 0 Å². The lowest BCUT2D eigenvalue weighted by molar-refractivity contribution is 1.03. The van der Waals surface area contributed by atoms with Gasteiger partial charge in [-0.1, -0.05) is 127 Å². The minimum absolute atomic E-state index is 0.835. The summed E-state index contributed by atoms with van der Waals surface area (Å²) in [6.45, 7) is 0. The van der Waals surface area contributed by atoms with Gasteiger partial charge in [-0.05, 0) is 100 Å². The fourth-order valence-corrected chi connectivity index (χ4v) is 9.24. The van der Waals surface area contributed by atoms with Crippen molar-refractivity contribution in [2.24, 2.45) is 0 Å². The molecule has 1 aliphatic rings. The van der Waals surface area contributed by atoms with Gasteiger partial charge in [-0.25, -0.2) is 9.97 Å². The molecule has 3 heterocycles. The van der Waals surface area contributed by atoms with Gasteiger partial charge in [-0.15, -0.1) is 0 Å². The molecule has 0 atom stereocenters. The molecule has 1 aliphatic carbocycles. The Morgan fingerprint density at radius 1 is 0.446 bits per heavy atom. The highest BCUT2D eigenvalue weighted by Crippen LogP contribution is 2.44. The van der Waals surface area contributed by atoms with Gasteiger partial charge in [0.2, 0.25) is 0 Å². The van der Waals surface area contributed by atoms with Gasteiger partial charge in [-0.2, -0.15) is 0 Å². The Hall–Kier alpha value is -7.30. The van der Waals surface area contributed by atoms with Crippen LogP contribution < -0.4 is 0 Å². The average Bonchev–Trinajstić information content (AvgIpc) is 3.77. The van der Waals surface area contributed by atoms with Gasteiger partial charge in [0.05, 0.1) is 33.1 Å². The zero-order chi connectivity index (χ0) is 36.7. The number of para-hydroxylation sites is 4. The summed E-state index contributed by atoms with van der Waals surface area (Å²) in [6.07, 6.45) is 6.60. The minimum Gasteiger partial charge on any atom is -0.309 e. The van der Waals surface area contributed by atoms with E-state index in [0.717, 1.165) is 63.2 Å². The number of rotatable bonds is 4. The molecular weight excluding hydrogens is 681 g/mol. The van der Waals surface area contributed by atoms with Crippen molar-refractivity contribution < 1.29 is 0 Å². The SMILES string of the molecule is C1=C(c2ccccc2)CCC=C1c1nc2ccccc2nc1-n1c2cc3c(cc2c2c4c(ccc5ccccc54)ccc21)c1ccccc1n3-c1ccccc1. The number of hydrogen-bond donors (Lipinski definition) is 0. The maximum absolute atomic E-state index is 5.56. The van der Waals surface area contributed by atoms with Crippen molar-refractivity contribution in [1.29, 1.82) is 0 Å². The van der Waals surface area contributed by atoms with Crippen molar-refractivity contribution in [2.75, 3.05) is 0 Å². The first-order chi connectivity index (χ1) is 27.8. The molecule has 0 spiro atoms. The summed E-state index contributed by atoms with van der Waals surface area (Å²) in [5.41, 5.74) is 12.0. The molecule has 0 saturated carbocycles. The van der Waals surface area contributed by atoms with Crippen LogP contribution in [-0.4, -0.2) is 19.1 Å². The zero-order valence-corrected chi connectivity index (χ0v) is 30.5. The normalized spacial score (nSPS) is 13.4. The van der Waals surface area contributed by atoms with Crippen molar-refractivity contribution in [3.8, 4) is 11.5 Å². The van der Waals surface area contributed by atoms with Gasteiger partial charge >= 0.3 is 0 Å². The Kier molecular flexibility index (Phi) is 6.72. The summed E-state index contributed by atoms with van der Waals surface area (Å²) >= 11 is 0. The van der Waals surface area contributed by atoms with Crippen LogP contribution in [0.2, 0.25) is 0 Å². The minimum atomic E-state index is 0.835. The van der Waals surface area contributed by atoms with Crippen LogP contribution in [-0.2, 0) is 0 Å². The van der Waals surface area contributed by atoms with E-state index >= 15 is 0 Å². The predicted octanol–water partition coefficient (Wildman–Crippen LogP) is 13.4. The molecule has 4 nitrogen and oxygen atoms in total. The predicted molar refractivity (Wildman–Crippen MR) is 235 cm³/mol. The first kappa shape index (κ1) is 31.1. The lowest BCUT2D eigenvalue weighted by Gasteiger charge is -2.18. The molecule has 0 N–H and O–H groups in total. The smallest absolute Gasteiger partial charge is 0.165 e. The Morgan fingerprint density at radius 2 is 1.12 bits per heavy atom. The molecule has 4 heteroatoms. The highest BCUT2D eigenvalue weighted by Gasteiger charge is 2.25. The third-order valence-corrected chi connectivity index (χ3v) is 11.7. The molecule has 0 saturated heterocycles. The maximum Gasteiger partial charge on any atom is 0.165 e. The molecule has 12 rings (SSSR count). The molecular formula is C52H34N4. The number of benzene rings is 8. The van der Waals surface area contributed by atoms with Crippen molar-refractivity contribution in [1.82, 2.24) is 19.1 Å². The highest BCUT2D eigenvalue weighted by molar-refractivity contribution is 6.30. The lowest BCUT2D eigenvalue weighted by Crippen LogP contribution is -2.07. The topological polar surface area (TPSA) is 35.6 Å². The molecule has 0 bridgehead atoms. The summed E-state index contributed by atoms with van der Waals surface area (Å²) in [7, 11) is 0. The second-order valence-electron chi connectivity index (χ2n) is 14.9. The molecule has 3 aromatic heterocycles. The molecule has 8 aromatic carbocycles. The fraction of sp³-hybridized carbons (Fsp3) is 0.0385. The van der Waals surface area contributed by atoms with Crippen molar-refractivity contribution in [3.05, 3.63) is 193 Å². The van der Waals surface area contributed by atoms with E-state index in [1.165, 1.54) is 59.7 Å². The quantitative estimate of drug-likeness (QED) is 0.170. The molecule has 0 unspecified atom stereocenters. The van der Waals surface area contributed by atoms with Crippen molar-refractivity contribution >= 4 is 87.3 Å². The number of allylic oxidation sites excluding steroid dienone is 4. The van der Waals surface area contributed by atoms with E-state index in [9.17, 15) is 0 Å². The third-order valence-electron chi connectivity index (χ3n) is 11.7. The number of aromatic nitrogens is 4. The van der Waals surface area contributed by atoms with E-state index < -0.39 is 0 Å². The summed E-state index contributed by atoms with van der Waals surface area (Å²) in [5, 5.41) is 9.84. The van der Waals surface area contributed by atoms with E-state index in [1.807, 2.05) is 0 Å². The largest absolute Gasteiger partial charge is 0.309 e. The van der Waals surface area contributed by atoms with Crippen LogP contribution in [0.4, 0.5) is 0 Å². The summed E-state index contributed by atoms with van der Waals surface area (Å²) in [4.78, 5) is 11.0. The van der Waals surface area contributed by atoms with Gasteiger partial charge in [0.15, 0.2) is 5.82 Å². The second kappa shape index (κ2) is 12.1. The van der Waals surface area contributed by atoms with Crippen LogP contribution in [0.1, 0.15) is 24.1 Å². The van der Waals surface area contributed by atoms with E-state index in [0.29, 0.717) is 0 Å².